The summed E-state index contributed by atoms with van der Waals surface area (Å²) in [5.41, 5.74) is 0.501. The van der Waals surface area contributed by atoms with E-state index in [1.165, 1.54) is 16.4 Å². The highest BCUT2D eigenvalue weighted by atomic mass is 79.9. The lowest BCUT2D eigenvalue weighted by Gasteiger charge is -2.26. The number of aromatic carboxylic acids is 1. The van der Waals surface area contributed by atoms with Crippen molar-refractivity contribution in [2.24, 2.45) is 0 Å². The molecule has 1 fully saturated rings. The van der Waals surface area contributed by atoms with Crippen LogP contribution in [0.15, 0.2) is 21.5 Å². The van der Waals surface area contributed by atoms with Crippen LogP contribution in [0.2, 0.25) is 0 Å². The van der Waals surface area contributed by atoms with Crippen LogP contribution in [0.1, 0.15) is 15.9 Å². The van der Waals surface area contributed by atoms with E-state index in [-0.39, 0.29) is 10.5 Å². The summed E-state index contributed by atoms with van der Waals surface area (Å²) in [6.07, 6.45) is 0. The van der Waals surface area contributed by atoms with Crippen LogP contribution < -0.4 is 0 Å². The number of carboxylic acid groups (broad SMARTS) is 1. The quantitative estimate of drug-likeness (QED) is 0.870. The Kier molecular flexibility index (Phi) is 4.78. The van der Waals surface area contributed by atoms with E-state index in [4.69, 9.17) is 5.11 Å². The highest BCUT2D eigenvalue weighted by Gasteiger charge is 2.29. The third-order valence-corrected chi connectivity index (χ3v) is 6.92. The first-order valence-electron chi connectivity index (χ1n) is 5.95. The number of hydrogen-bond acceptors (Lipinski definition) is 4. The van der Waals surface area contributed by atoms with Crippen molar-refractivity contribution in [3.05, 3.63) is 27.7 Å². The summed E-state index contributed by atoms with van der Waals surface area (Å²) in [6, 6.07) is 2.66. The lowest BCUT2D eigenvalue weighted by atomic mass is 10.1. The molecule has 20 heavy (non-hydrogen) atoms. The first kappa shape index (κ1) is 15.8. The van der Waals surface area contributed by atoms with Gasteiger partial charge in [0, 0.05) is 29.1 Å². The van der Waals surface area contributed by atoms with Gasteiger partial charge >= 0.3 is 5.97 Å². The molecule has 0 aliphatic carbocycles. The predicted molar refractivity (Wildman–Crippen MR) is 81.9 cm³/mol. The van der Waals surface area contributed by atoms with Crippen LogP contribution >= 0.6 is 27.7 Å². The highest BCUT2D eigenvalue weighted by Crippen LogP contribution is 2.29. The van der Waals surface area contributed by atoms with Crippen LogP contribution in [-0.2, 0) is 10.0 Å². The molecule has 1 aromatic rings. The van der Waals surface area contributed by atoms with Gasteiger partial charge in [-0.2, -0.15) is 16.1 Å². The number of hydrogen-bond donors (Lipinski definition) is 1. The second kappa shape index (κ2) is 6.05. The Morgan fingerprint density at radius 2 is 1.95 bits per heavy atom. The van der Waals surface area contributed by atoms with Crippen LogP contribution in [0.4, 0.5) is 0 Å². The van der Waals surface area contributed by atoms with E-state index in [1.54, 1.807) is 18.7 Å². The monoisotopic (exact) mass is 379 g/mol. The van der Waals surface area contributed by atoms with Crippen molar-refractivity contribution in [2.45, 2.75) is 11.8 Å². The molecule has 0 bridgehead atoms. The Bertz CT molecular complexity index is 639. The molecule has 2 rings (SSSR count). The minimum absolute atomic E-state index is 0.0348. The van der Waals surface area contributed by atoms with Gasteiger partial charge in [0.05, 0.1) is 10.5 Å². The van der Waals surface area contributed by atoms with Gasteiger partial charge < -0.3 is 5.11 Å². The first-order chi connectivity index (χ1) is 9.34. The first-order valence-corrected chi connectivity index (χ1v) is 9.34. The van der Waals surface area contributed by atoms with Crippen LogP contribution in [0, 0.1) is 6.92 Å². The molecule has 0 aromatic heterocycles. The van der Waals surface area contributed by atoms with Crippen LogP contribution in [0.25, 0.3) is 0 Å². The molecule has 1 aliphatic rings. The second-order valence-corrected chi connectivity index (χ2v) is 8.39. The molecule has 0 amide bonds. The molecule has 1 N–H and O–H groups in total. The fourth-order valence-corrected chi connectivity index (χ4v) is 5.41. The topological polar surface area (TPSA) is 74.7 Å². The Morgan fingerprint density at radius 3 is 2.50 bits per heavy atom. The maximum absolute atomic E-state index is 12.6. The molecular weight excluding hydrogens is 366 g/mol. The summed E-state index contributed by atoms with van der Waals surface area (Å²) >= 11 is 4.95. The number of nitrogens with zero attached hydrogens (tertiary/aromatic N) is 1. The Labute approximate surface area is 130 Å². The molecule has 1 aliphatic heterocycles. The number of carboxylic acids is 1. The van der Waals surface area contributed by atoms with Crippen LogP contribution in [0.3, 0.4) is 0 Å². The van der Waals surface area contributed by atoms with E-state index in [9.17, 15) is 13.2 Å². The number of thioether (sulfide) groups is 1. The highest BCUT2D eigenvalue weighted by molar-refractivity contribution is 9.10. The summed E-state index contributed by atoms with van der Waals surface area (Å²) < 4.78 is 27.2. The summed E-state index contributed by atoms with van der Waals surface area (Å²) in [4.78, 5) is 11.2. The zero-order valence-electron chi connectivity index (χ0n) is 10.8. The number of halogens is 1. The molecule has 0 spiro atoms. The van der Waals surface area contributed by atoms with Crippen LogP contribution in [0.5, 0.6) is 0 Å². The largest absolute Gasteiger partial charge is 0.478 e. The van der Waals surface area contributed by atoms with Crippen LogP contribution in [-0.4, -0.2) is 48.4 Å². The molecule has 110 valence electrons. The van der Waals surface area contributed by atoms with Gasteiger partial charge in [-0.3, -0.25) is 0 Å². The molecule has 0 radical (unpaired) electrons. The number of sulfonamides is 1. The van der Waals surface area contributed by atoms with E-state index < -0.39 is 16.0 Å². The van der Waals surface area contributed by atoms with Gasteiger partial charge in [-0.25, -0.2) is 13.2 Å². The number of benzene rings is 1. The standard InChI is InChI=1S/C12H14BrNO4S2/c1-8-10(13)6-9(12(15)16)7-11(8)20(17,18)14-2-4-19-5-3-14/h6-7H,2-5H2,1H3,(H,15,16). The molecule has 0 atom stereocenters. The van der Waals surface area contributed by atoms with Gasteiger partial charge in [0.2, 0.25) is 10.0 Å². The summed E-state index contributed by atoms with van der Waals surface area (Å²) in [5, 5.41) is 9.07. The fraction of sp³-hybridized carbons (Fsp3) is 0.417. The van der Waals surface area contributed by atoms with Crippen molar-refractivity contribution in [2.75, 3.05) is 24.6 Å². The molecule has 1 heterocycles. The third-order valence-electron chi connectivity index (χ3n) is 3.13. The molecule has 0 unspecified atom stereocenters. The van der Waals surface area contributed by atoms with Gasteiger partial charge in [-0.1, -0.05) is 15.9 Å². The van der Waals surface area contributed by atoms with E-state index in [1.807, 2.05) is 0 Å². The Morgan fingerprint density at radius 1 is 1.35 bits per heavy atom. The van der Waals surface area contributed by atoms with E-state index in [2.05, 4.69) is 15.9 Å². The maximum Gasteiger partial charge on any atom is 0.335 e. The van der Waals surface area contributed by atoms with E-state index >= 15 is 0 Å². The molecule has 0 saturated carbocycles. The van der Waals surface area contributed by atoms with Crippen molar-refractivity contribution in [3.8, 4) is 0 Å². The minimum Gasteiger partial charge on any atom is -0.478 e. The minimum atomic E-state index is -3.64. The smallest absolute Gasteiger partial charge is 0.335 e. The van der Waals surface area contributed by atoms with Crippen molar-refractivity contribution >= 4 is 43.7 Å². The Hall–Kier alpha value is -0.570. The lowest BCUT2D eigenvalue weighted by molar-refractivity contribution is 0.0696. The molecular formula is C12H14BrNO4S2. The summed E-state index contributed by atoms with van der Waals surface area (Å²) in [6.45, 7) is 2.59. The molecule has 5 nitrogen and oxygen atoms in total. The predicted octanol–water partition coefficient (Wildman–Crippen LogP) is 2.19. The normalized spacial score (nSPS) is 17.1. The average Bonchev–Trinajstić information content (AvgIpc) is 2.42. The van der Waals surface area contributed by atoms with Gasteiger partial charge in [-0.05, 0) is 24.6 Å². The lowest BCUT2D eigenvalue weighted by Crippen LogP contribution is -2.38. The second-order valence-electron chi connectivity index (χ2n) is 4.40. The number of carbonyl (C=O) groups is 1. The van der Waals surface area contributed by atoms with Gasteiger partial charge in [0.15, 0.2) is 0 Å². The SMILES string of the molecule is Cc1c(Br)cc(C(=O)O)cc1S(=O)(=O)N1CCSCC1. The van der Waals surface area contributed by atoms with Gasteiger partial charge in [0.1, 0.15) is 0 Å². The zero-order valence-corrected chi connectivity index (χ0v) is 14.0. The maximum atomic E-state index is 12.6. The van der Waals surface area contributed by atoms with Crippen molar-refractivity contribution in [1.29, 1.82) is 0 Å². The molecule has 1 aromatic carbocycles. The third kappa shape index (κ3) is 3.03. The number of rotatable bonds is 3. The average molecular weight is 380 g/mol. The van der Waals surface area contributed by atoms with Crippen molar-refractivity contribution in [3.63, 3.8) is 0 Å². The Balaban J connectivity index is 2.52. The molecule has 1 saturated heterocycles. The van der Waals surface area contributed by atoms with Crippen molar-refractivity contribution < 1.29 is 18.3 Å². The molecule has 8 heteroatoms. The van der Waals surface area contributed by atoms with E-state index in [0.29, 0.717) is 23.1 Å². The van der Waals surface area contributed by atoms with Crippen molar-refractivity contribution in [1.82, 2.24) is 4.31 Å². The van der Waals surface area contributed by atoms with E-state index in [0.717, 1.165) is 11.5 Å². The summed E-state index contributed by atoms with van der Waals surface area (Å²) in [5.74, 6) is 0.382. The zero-order chi connectivity index (χ0) is 14.9. The van der Waals surface area contributed by atoms with Gasteiger partial charge in [0.25, 0.3) is 0 Å². The summed E-state index contributed by atoms with van der Waals surface area (Å²) in [7, 11) is -3.64. The van der Waals surface area contributed by atoms with Gasteiger partial charge in [-0.15, -0.1) is 0 Å². The fourth-order valence-electron chi connectivity index (χ4n) is 1.97.